The van der Waals surface area contributed by atoms with Gasteiger partial charge in [-0.15, -0.1) is 10.2 Å². The molecule has 0 aliphatic carbocycles. The molecule has 30 heavy (non-hydrogen) atoms. The van der Waals surface area contributed by atoms with Crippen molar-refractivity contribution in [3.63, 3.8) is 0 Å². The van der Waals surface area contributed by atoms with Gasteiger partial charge in [-0.2, -0.15) is 0 Å². The maximum absolute atomic E-state index is 12.5. The zero-order valence-electron chi connectivity index (χ0n) is 16.1. The molecule has 1 heterocycles. The second kappa shape index (κ2) is 9.07. The van der Waals surface area contributed by atoms with Crippen molar-refractivity contribution in [2.75, 3.05) is 5.32 Å². The van der Waals surface area contributed by atoms with Crippen molar-refractivity contribution in [2.24, 2.45) is 0 Å². The van der Waals surface area contributed by atoms with E-state index in [1.807, 2.05) is 31.2 Å². The molecular weight excluding hydrogens is 418 g/mol. The Morgan fingerprint density at radius 3 is 2.50 bits per heavy atom. The first-order chi connectivity index (χ1) is 14.6. The number of carbonyl (C=O) groups is 1. The van der Waals surface area contributed by atoms with Crippen LogP contribution in [0, 0.1) is 6.92 Å². The topological polar surface area (TPSA) is 64.1 Å². The van der Waals surface area contributed by atoms with Crippen LogP contribution in [0.15, 0.2) is 72.8 Å². The number of aromatic nitrogens is 2. The first-order valence-electron chi connectivity index (χ1n) is 9.26. The highest BCUT2D eigenvalue weighted by molar-refractivity contribution is 7.15. The summed E-state index contributed by atoms with van der Waals surface area (Å²) >= 11 is 7.40. The lowest BCUT2D eigenvalue weighted by Crippen LogP contribution is -2.01. The van der Waals surface area contributed by atoms with Crippen LogP contribution in [0.5, 0.6) is 5.75 Å². The molecule has 1 N–H and O–H groups in total. The van der Waals surface area contributed by atoms with E-state index < -0.39 is 0 Å². The first-order valence-corrected chi connectivity index (χ1v) is 10.5. The zero-order valence-corrected chi connectivity index (χ0v) is 17.7. The number of ketones is 1. The Morgan fingerprint density at radius 2 is 1.77 bits per heavy atom. The summed E-state index contributed by atoms with van der Waals surface area (Å²) in [5.41, 5.74) is 3.29. The number of carbonyl (C=O) groups excluding carboxylic acids is 1. The van der Waals surface area contributed by atoms with Crippen LogP contribution in [0.3, 0.4) is 0 Å². The Morgan fingerprint density at radius 1 is 1.00 bits per heavy atom. The summed E-state index contributed by atoms with van der Waals surface area (Å²) in [6, 6.07) is 22.0. The molecule has 5 nitrogen and oxygen atoms in total. The van der Waals surface area contributed by atoms with Crippen molar-refractivity contribution in [3.8, 4) is 5.75 Å². The molecule has 1 aromatic heterocycles. The fourth-order valence-electron chi connectivity index (χ4n) is 2.77. The van der Waals surface area contributed by atoms with Crippen LogP contribution in [0.4, 0.5) is 10.8 Å². The summed E-state index contributed by atoms with van der Waals surface area (Å²) < 4.78 is 5.78. The normalized spacial score (nSPS) is 10.6. The Kier molecular flexibility index (Phi) is 6.07. The average Bonchev–Trinajstić information content (AvgIpc) is 3.21. The van der Waals surface area contributed by atoms with Crippen LogP contribution >= 0.6 is 22.9 Å². The van der Waals surface area contributed by atoms with Gasteiger partial charge in [-0.3, -0.25) is 4.79 Å². The summed E-state index contributed by atoms with van der Waals surface area (Å²) in [7, 11) is 0. The fraction of sp³-hybridized carbons (Fsp3) is 0.0870. The third-order valence-electron chi connectivity index (χ3n) is 4.34. The lowest BCUT2D eigenvalue weighted by Gasteiger charge is -2.06. The highest BCUT2D eigenvalue weighted by Gasteiger charge is 2.10. The Hall–Kier alpha value is -3.22. The van der Waals surface area contributed by atoms with E-state index in [1.165, 1.54) is 16.9 Å². The molecule has 0 amide bonds. The van der Waals surface area contributed by atoms with Crippen LogP contribution < -0.4 is 10.1 Å². The summed E-state index contributed by atoms with van der Waals surface area (Å²) in [6.07, 6.45) is 0. The number of aryl methyl sites for hydroxylation is 1. The van der Waals surface area contributed by atoms with Crippen molar-refractivity contribution in [3.05, 3.63) is 99.5 Å². The summed E-state index contributed by atoms with van der Waals surface area (Å²) in [6.45, 7) is 2.35. The van der Waals surface area contributed by atoms with Crippen LogP contribution in [0.1, 0.15) is 26.5 Å². The van der Waals surface area contributed by atoms with E-state index in [9.17, 15) is 4.79 Å². The standard InChI is InChI=1S/C23H18ClN3O2S/c1-15-5-9-19(10-6-15)25-23-27-26-21(30-23)14-29-20-11-7-16(8-12-20)22(28)17-3-2-4-18(24)13-17/h2-13H,14H2,1H3,(H,25,27). The van der Waals surface area contributed by atoms with Crippen molar-refractivity contribution < 1.29 is 9.53 Å². The average molecular weight is 436 g/mol. The minimum absolute atomic E-state index is 0.0833. The quantitative estimate of drug-likeness (QED) is 0.358. The predicted molar refractivity (Wildman–Crippen MR) is 120 cm³/mol. The molecule has 0 unspecified atom stereocenters. The summed E-state index contributed by atoms with van der Waals surface area (Å²) in [5, 5.41) is 13.5. The second-order valence-electron chi connectivity index (χ2n) is 6.64. The number of hydrogen-bond acceptors (Lipinski definition) is 6. The smallest absolute Gasteiger partial charge is 0.210 e. The van der Waals surface area contributed by atoms with Gasteiger partial charge in [-0.05, 0) is 55.5 Å². The van der Waals surface area contributed by atoms with Gasteiger partial charge in [0.2, 0.25) is 5.13 Å². The largest absolute Gasteiger partial charge is 0.486 e. The zero-order chi connectivity index (χ0) is 20.9. The van der Waals surface area contributed by atoms with Crippen LogP contribution in [0.2, 0.25) is 5.02 Å². The molecule has 7 heteroatoms. The SMILES string of the molecule is Cc1ccc(Nc2nnc(COc3ccc(C(=O)c4cccc(Cl)c4)cc3)s2)cc1. The Labute approximate surface area is 183 Å². The Balaban J connectivity index is 1.35. The van der Waals surface area contributed by atoms with Gasteiger partial charge in [0.15, 0.2) is 10.8 Å². The van der Waals surface area contributed by atoms with Crippen LogP contribution in [0.25, 0.3) is 0 Å². The van der Waals surface area contributed by atoms with Crippen LogP contribution in [-0.4, -0.2) is 16.0 Å². The minimum Gasteiger partial charge on any atom is -0.486 e. The number of halogens is 1. The van der Waals surface area contributed by atoms with Gasteiger partial charge in [0, 0.05) is 21.8 Å². The predicted octanol–water partition coefficient (Wildman–Crippen LogP) is 6.05. The van der Waals surface area contributed by atoms with Gasteiger partial charge < -0.3 is 10.1 Å². The molecule has 0 atom stereocenters. The second-order valence-corrected chi connectivity index (χ2v) is 8.14. The molecule has 4 aromatic rings. The summed E-state index contributed by atoms with van der Waals surface area (Å²) in [4.78, 5) is 12.5. The summed E-state index contributed by atoms with van der Waals surface area (Å²) in [5.74, 6) is 0.570. The number of hydrogen-bond donors (Lipinski definition) is 1. The van der Waals surface area contributed by atoms with E-state index in [1.54, 1.807) is 48.5 Å². The van der Waals surface area contributed by atoms with E-state index in [4.69, 9.17) is 16.3 Å². The molecule has 0 fully saturated rings. The van der Waals surface area contributed by atoms with E-state index >= 15 is 0 Å². The Bertz CT molecular complexity index is 1160. The van der Waals surface area contributed by atoms with Gasteiger partial charge in [0.25, 0.3) is 0 Å². The molecule has 0 aliphatic rings. The molecule has 150 valence electrons. The number of benzene rings is 3. The fourth-order valence-corrected chi connectivity index (χ4v) is 3.63. The van der Waals surface area contributed by atoms with E-state index in [-0.39, 0.29) is 5.78 Å². The van der Waals surface area contributed by atoms with Crippen LogP contribution in [-0.2, 0) is 6.61 Å². The lowest BCUT2D eigenvalue weighted by atomic mass is 10.0. The van der Waals surface area contributed by atoms with Crippen molar-refractivity contribution >= 4 is 39.5 Å². The van der Waals surface area contributed by atoms with Crippen molar-refractivity contribution in [1.29, 1.82) is 0 Å². The first kappa shape index (κ1) is 20.1. The third-order valence-corrected chi connectivity index (χ3v) is 5.38. The number of anilines is 2. The minimum atomic E-state index is -0.0833. The number of nitrogens with one attached hydrogen (secondary N) is 1. The lowest BCUT2D eigenvalue weighted by molar-refractivity contribution is 0.103. The molecule has 4 rings (SSSR count). The highest BCUT2D eigenvalue weighted by atomic mass is 35.5. The highest BCUT2D eigenvalue weighted by Crippen LogP contribution is 2.23. The molecular formula is C23H18ClN3O2S. The molecule has 0 aliphatic heterocycles. The van der Waals surface area contributed by atoms with Crippen molar-refractivity contribution in [1.82, 2.24) is 10.2 Å². The molecule has 0 spiro atoms. The monoisotopic (exact) mass is 435 g/mol. The van der Waals surface area contributed by atoms with Gasteiger partial charge in [0.1, 0.15) is 12.4 Å². The number of ether oxygens (including phenoxy) is 1. The number of nitrogens with zero attached hydrogens (tertiary/aromatic N) is 2. The third kappa shape index (κ3) is 5.03. The maximum atomic E-state index is 12.5. The molecule has 0 saturated carbocycles. The maximum Gasteiger partial charge on any atom is 0.210 e. The molecule has 0 radical (unpaired) electrons. The molecule has 3 aromatic carbocycles. The van der Waals surface area contributed by atoms with E-state index in [0.29, 0.717) is 33.6 Å². The van der Waals surface area contributed by atoms with Gasteiger partial charge in [0.05, 0.1) is 0 Å². The molecule has 0 bridgehead atoms. The van der Waals surface area contributed by atoms with E-state index in [2.05, 4.69) is 15.5 Å². The van der Waals surface area contributed by atoms with Gasteiger partial charge in [-0.25, -0.2) is 0 Å². The van der Waals surface area contributed by atoms with Gasteiger partial charge >= 0.3 is 0 Å². The van der Waals surface area contributed by atoms with Gasteiger partial charge in [-0.1, -0.05) is 52.8 Å². The molecule has 0 saturated heterocycles. The van der Waals surface area contributed by atoms with Crippen molar-refractivity contribution in [2.45, 2.75) is 13.5 Å². The number of rotatable bonds is 7. The van der Waals surface area contributed by atoms with E-state index in [0.717, 1.165) is 10.7 Å².